The van der Waals surface area contributed by atoms with E-state index in [1.807, 2.05) is 40.7 Å². The van der Waals surface area contributed by atoms with Gasteiger partial charge in [0, 0.05) is 24.0 Å². The number of nitrogens with one attached hydrogen (secondary N) is 2. The summed E-state index contributed by atoms with van der Waals surface area (Å²) in [6.45, 7) is 10.9. The van der Waals surface area contributed by atoms with Gasteiger partial charge in [0.25, 0.3) is 0 Å². The van der Waals surface area contributed by atoms with E-state index in [-0.39, 0.29) is 35.6 Å². The van der Waals surface area contributed by atoms with Gasteiger partial charge in [-0.2, -0.15) is 0 Å². The second kappa shape index (κ2) is 9.83. The van der Waals surface area contributed by atoms with Gasteiger partial charge in [-0.25, -0.2) is 0 Å². The van der Waals surface area contributed by atoms with E-state index >= 15 is 0 Å². The summed E-state index contributed by atoms with van der Waals surface area (Å²) in [6.07, 6.45) is 5.38. The van der Waals surface area contributed by atoms with Crippen molar-refractivity contribution in [3.63, 3.8) is 0 Å². The molecule has 1 radical (unpaired) electrons. The molecule has 0 aliphatic carbocycles. The predicted octanol–water partition coefficient (Wildman–Crippen LogP) is 3.12. The van der Waals surface area contributed by atoms with Crippen molar-refractivity contribution in [2.24, 2.45) is 5.92 Å². The number of hydrogen-bond acceptors (Lipinski definition) is 4. The highest BCUT2D eigenvalue weighted by atomic mass is 16.5. The number of hydrogen-bond donors (Lipinski definition) is 3. The lowest BCUT2D eigenvalue weighted by Gasteiger charge is -2.50. The Morgan fingerprint density at radius 3 is 2.19 bits per heavy atom. The molecule has 7 heteroatoms. The van der Waals surface area contributed by atoms with Crippen LogP contribution in [0.3, 0.4) is 0 Å². The number of carbonyl (C=O) groups excluding carboxylic acids is 2. The van der Waals surface area contributed by atoms with Gasteiger partial charge in [0.1, 0.15) is 5.75 Å². The predicted molar refractivity (Wildman–Crippen MR) is 120 cm³/mol. The number of carbonyl (C=O) groups is 2. The van der Waals surface area contributed by atoms with Crippen molar-refractivity contribution in [2.75, 3.05) is 0 Å². The van der Waals surface area contributed by atoms with Crippen molar-refractivity contribution in [3.8, 4) is 5.75 Å². The quantitative estimate of drug-likeness (QED) is 0.579. The first-order chi connectivity index (χ1) is 14.3. The molecule has 1 aromatic carbocycles. The van der Waals surface area contributed by atoms with Gasteiger partial charge in [-0.3, -0.25) is 9.59 Å². The maximum Gasteiger partial charge on any atom is 0.226 e. The largest absolute Gasteiger partial charge is 0.508 e. The van der Waals surface area contributed by atoms with E-state index in [0.717, 1.165) is 10.6 Å². The molecule has 2 rings (SSSR count). The van der Waals surface area contributed by atoms with Crippen molar-refractivity contribution in [3.05, 3.63) is 42.0 Å². The number of amides is 2. The zero-order valence-electron chi connectivity index (χ0n) is 19.4. The lowest BCUT2D eigenvalue weighted by Crippen LogP contribution is -2.62. The van der Waals surface area contributed by atoms with Crippen molar-refractivity contribution in [1.82, 2.24) is 15.7 Å². The van der Waals surface area contributed by atoms with Crippen LogP contribution < -0.4 is 10.6 Å². The van der Waals surface area contributed by atoms with Crippen LogP contribution in [0.1, 0.15) is 59.9 Å². The van der Waals surface area contributed by atoms with E-state index in [0.29, 0.717) is 19.3 Å². The summed E-state index contributed by atoms with van der Waals surface area (Å²) in [5.41, 5.74) is -0.120. The first-order valence-corrected chi connectivity index (χ1v) is 10.8. The molecule has 1 aliphatic rings. The maximum atomic E-state index is 12.8. The summed E-state index contributed by atoms with van der Waals surface area (Å²) in [5.74, 6) is -0.444. The van der Waals surface area contributed by atoms with E-state index in [1.54, 1.807) is 30.3 Å². The number of aromatic hydroxyl groups is 1. The molecule has 1 aliphatic heterocycles. The Labute approximate surface area is 185 Å². The van der Waals surface area contributed by atoms with Gasteiger partial charge in [0.2, 0.25) is 11.8 Å². The maximum absolute atomic E-state index is 12.8. The Hall–Kier alpha value is -2.38. The molecule has 0 saturated carbocycles. The van der Waals surface area contributed by atoms with Crippen LogP contribution >= 0.6 is 0 Å². The molecule has 2 atom stereocenters. The van der Waals surface area contributed by atoms with Crippen molar-refractivity contribution in [2.45, 2.75) is 84.0 Å². The minimum absolute atomic E-state index is 0.0679. The first kappa shape index (κ1) is 24.9. The Balaban J connectivity index is 2.01. The zero-order valence-corrected chi connectivity index (χ0v) is 19.4. The van der Waals surface area contributed by atoms with E-state index in [9.17, 15) is 19.9 Å². The van der Waals surface area contributed by atoms with E-state index in [2.05, 4.69) is 10.6 Å². The van der Waals surface area contributed by atoms with Crippen LogP contribution in [-0.2, 0) is 21.2 Å². The molecule has 0 spiro atoms. The molecular weight excluding hydrogens is 394 g/mol. The minimum Gasteiger partial charge on any atom is -0.508 e. The third-order valence-electron chi connectivity index (χ3n) is 5.76. The molecule has 1 saturated heterocycles. The Morgan fingerprint density at radius 2 is 1.68 bits per heavy atom. The summed E-state index contributed by atoms with van der Waals surface area (Å²) in [4.78, 5) is 24.4. The lowest BCUT2D eigenvalue weighted by atomic mass is 9.79. The second-order valence-corrected chi connectivity index (χ2v) is 9.88. The molecule has 2 amide bonds. The standard InChI is InChI=1S/C24H36N3O4/c1-16(22(30)26-20-14-23(3,4)27(31)24(5,6)15-20)7-10-19(25-17(2)28)13-18-8-11-21(29)12-9-18/h7-12,16,19-20,29H,13-15H2,1-6H3,(H,25,28)(H,26,30)/b10-7+/t16-,19+/m0/s1. The molecule has 171 valence electrons. The molecule has 3 N–H and O–H groups in total. The van der Waals surface area contributed by atoms with Crippen molar-refractivity contribution >= 4 is 11.8 Å². The molecular formula is C24H36N3O4. The fourth-order valence-corrected chi connectivity index (χ4v) is 4.40. The summed E-state index contributed by atoms with van der Waals surface area (Å²) >= 11 is 0. The second-order valence-electron chi connectivity index (χ2n) is 9.88. The highest BCUT2D eigenvalue weighted by Crippen LogP contribution is 2.37. The number of piperidine rings is 1. The third-order valence-corrected chi connectivity index (χ3v) is 5.76. The van der Waals surface area contributed by atoms with Gasteiger partial charge in [0.05, 0.1) is 12.0 Å². The number of phenolic OH excluding ortho intramolecular Hbond substituents is 1. The van der Waals surface area contributed by atoms with Crippen LogP contribution in [0.5, 0.6) is 5.75 Å². The van der Waals surface area contributed by atoms with Gasteiger partial charge < -0.3 is 15.7 Å². The molecule has 31 heavy (non-hydrogen) atoms. The summed E-state index contributed by atoms with van der Waals surface area (Å²) in [6, 6.07) is 6.49. The average molecular weight is 431 g/mol. The van der Waals surface area contributed by atoms with Crippen molar-refractivity contribution in [1.29, 1.82) is 0 Å². The first-order valence-electron chi connectivity index (χ1n) is 10.8. The number of hydroxylamine groups is 2. The topological polar surface area (TPSA) is 102 Å². The van der Waals surface area contributed by atoms with Gasteiger partial charge in [0.15, 0.2) is 0 Å². The highest BCUT2D eigenvalue weighted by molar-refractivity contribution is 5.80. The number of benzene rings is 1. The summed E-state index contributed by atoms with van der Waals surface area (Å²) in [5, 5.41) is 29.1. The SMILES string of the molecule is CC(=O)N[C@H](/C=C/[C@H](C)C(=O)NC1CC(C)(C)N([O])C(C)(C)C1)Cc1ccc(O)cc1. The molecule has 0 bridgehead atoms. The van der Waals surface area contributed by atoms with E-state index in [4.69, 9.17) is 0 Å². The smallest absolute Gasteiger partial charge is 0.226 e. The zero-order chi connectivity index (χ0) is 23.4. The highest BCUT2D eigenvalue weighted by Gasteiger charge is 2.46. The van der Waals surface area contributed by atoms with E-state index in [1.165, 1.54) is 6.92 Å². The lowest BCUT2D eigenvalue weighted by molar-refractivity contribution is -0.290. The molecule has 1 heterocycles. The monoisotopic (exact) mass is 430 g/mol. The molecule has 1 fully saturated rings. The molecule has 1 aromatic rings. The van der Waals surface area contributed by atoms with Crippen LogP contribution in [0.25, 0.3) is 0 Å². The molecule has 0 unspecified atom stereocenters. The molecule has 7 nitrogen and oxygen atoms in total. The fraction of sp³-hybridized carbons (Fsp3) is 0.583. The van der Waals surface area contributed by atoms with Crippen LogP contribution in [0, 0.1) is 5.92 Å². The Kier molecular flexibility index (Phi) is 7.89. The average Bonchev–Trinajstić information content (AvgIpc) is 2.64. The molecule has 0 aromatic heterocycles. The van der Waals surface area contributed by atoms with Crippen LogP contribution in [0.2, 0.25) is 0 Å². The summed E-state index contributed by atoms with van der Waals surface area (Å²) < 4.78 is 0. The minimum atomic E-state index is -0.542. The number of phenols is 1. The van der Waals surface area contributed by atoms with E-state index < -0.39 is 11.1 Å². The number of nitrogens with zero attached hydrogens (tertiary/aromatic N) is 1. The Morgan fingerprint density at radius 1 is 1.13 bits per heavy atom. The normalized spacial score (nSPS) is 20.9. The van der Waals surface area contributed by atoms with Crippen LogP contribution in [0.15, 0.2) is 36.4 Å². The van der Waals surface area contributed by atoms with Gasteiger partial charge >= 0.3 is 0 Å². The van der Waals surface area contributed by atoms with Crippen LogP contribution in [0.4, 0.5) is 0 Å². The van der Waals surface area contributed by atoms with Crippen molar-refractivity contribution < 1.29 is 19.9 Å². The van der Waals surface area contributed by atoms with Crippen LogP contribution in [-0.4, -0.2) is 45.1 Å². The third kappa shape index (κ3) is 7.08. The Bertz CT molecular complexity index is 784. The van der Waals surface area contributed by atoms with Gasteiger partial charge in [-0.05, 0) is 64.7 Å². The van der Waals surface area contributed by atoms with Gasteiger partial charge in [-0.1, -0.05) is 31.2 Å². The fourth-order valence-electron chi connectivity index (χ4n) is 4.40. The van der Waals surface area contributed by atoms with Gasteiger partial charge in [-0.15, -0.1) is 10.3 Å². The summed E-state index contributed by atoms with van der Waals surface area (Å²) in [7, 11) is 0. The number of rotatable bonds is 7.